The molecule has 8 heteroatoms. The summed E-state index contributed by atoms with van der Waals surface area (Å²) in [7, 11) is 1.66. The lowest BCUT2D eigenvalue weighted by Gasteiger charge is -2.43. The van der Waals surface area contributed by atoms with Gasteiger partial charge in [0.05, 0.1) is 23.8 Å². The van der Waals surface area contributed by atoms with Crippen LogP contribution in [0.5, 0.6) is 0 Å². The highest BCUT2D eigenvalue weighted by atomic mass is 19.4. The first kappa shape index (κ1) is 25.1. The summed E-state index contributed by atoms with van der Waals surface area (Å²) in [6, 6.07) is 11.4. The van der Waals surface area contributed by atoms with E-state index in [9.17, 15) is 18.0 Å². The van der Waals surface area contributed by atoms with Gasteiger partial charge < -0.3 is 14.5 Å². The summed E-state index contributed by atoms with van der Waals surface area (Å²) < 4.78 is 45.8. The first-order valence-corrected chi connectivity index (χ1v) is 11.8. The monoisotopic (exact) mass is 485 g/mol. The summed E-state index contributed by atoms with van der Waals surface area (Å²) in [6.45, 7) is 6.87. The molecule has 1 spiro atoms. The number of ether oxygens (including phenoxy) is 1. The summed E-state index contributed by atoms with van der Waals surface area (Å²) in [4.78, 5) is 17.2. The maximum absolute atomic E-state index is 13.4. The van der Waals surface area contributed by atoms with Gasteiger partial charge in [0.2, 0.25) is 0 Å². The van der Waals surface area contributed by atoms with Crippen LogP contribution in [0.2, 0.25) is 0 Å². The molecule has 0 saturated carbocycles. The Morgan fingerprint density at radius 3 is 2.37 bits per heavy atom. The zero-order chi connectivity index (χ0) is 25.4. The number of methoxy groups -OCH3 is 1. The average Bonchev–Trinajstić information content (AvgIpc) is 3.15. The highest BCUT2D eigenvalue weighted by Crippen LogP contribution is 2.46. The molecule has 1 unspecified atom stereocenters. The van der Waals surface area contributed by atoms with Gasteiger partial charge in [-0.3, -0.25) is 4.79 Å². The largest absolute Gasteiger partial charge is 0.417 e. The van der Waals surface area contributed by atoms with E-state index in [1.807, 2.05) is 41.8 Å². The Balaban J connectivity index is 1.53. The summed E-state index contributed by atoms with van der Waals surface area (Å²) in [5.74, 6) is 0.176. The normalized spacial score (nSPS) is 19.7. The Bertz CT molecular complexity index is 1130. The van der Waals surface area contributed by atoms with E-state index in [0.29, 0.717) is 44.0 Å². The number of nitriles is 1. The number of carbonyl (C=O) groups excluding carboxylic acids is 1. The quantitative estimate of drug-likeness (QED) is 0.598. The number of alkyl halides is 3. The fraction of sp³-hybridized carbons (Fsp3) is 0.481. The van der Waals surface area contributed by atoms with Gasteiger partial charge in [-0.15, -0.1) is 0 Å². The fourth-order valence-electron chi connectivity index (χ4n) is 5.74. The van der Waals surface area contributed by atoms with Crippen molar-refractivity contribution in [1.29, 1.82) is 5.26 Å². The summed E-state index contributed by atoms with van der Waals surface area (Å²) >= 11 is 0. The number of hydrogen-bond acceptors (Lipinski definition) is 4. The average molecular weight is 486 g/mol. The van der Waals surface area contributed by atoms with E-state index >= 15 is 0 Å². The third-order valence-electron chi connectivity index (χ3n) is 7.49. The van der Waals surface area contributed by atoms with Crippen LogP contribution in [0.25, 0.3) is 0 Å². The first-order chi connectivity index (χ1) is 16.6. The third kappa shape index (κ3) is 5.01. The van der Waals surface area contributed by atoms with Crippen molar-refractivity contribution in [2.24, 2.45) is 11.3 Å². The molecule has 0 bridgehead atoms. The summed E-state index contributed by atoms with van der Waals surface area (Å²) in [5, 5.41) is 9.08. The molecule has 4 rings (SSSR count). The Labute approximate surface area is 204 Å². The van der Waals surface area contributed by atoms with Gasteiger partial charge in [0, 0.05) is 50.5 Å². The van der Waals surface area contributed by atoms with E-state index in [-0.39, 0.29) is 22.8 Å². The van der Waals surface area contributed by atoms with Gasteiger partial charge in [-0.05, 0) is 62.4 Å². The molecule has 186 valence electrons. The van der Waals surface area contributed by atoms with Crippen molar-refractivity contribution in [3.05, 3.63) is 64.2 Å². The van der Waals surface area contributed by atoms with Gasteiger partial charge in [-0.1, -0.05) is 17.2 Å². The molecule has 2 saturated heterocycles. The van der Waals surface area contributed by atoms with Gasteiger partial charge in [0.25, 0.3) is 5.91 Å². The molecular formula is C27H30F3N3O2. The van der Waals surface area contributed by atoms with Crippen LogP contribution in [0.4, 0.5) is 18.9 Å². The van der Waals surface area contributed by atoms with Crippen LogP contribution in [0.1, 0.15) is 45.5 Å². The zero-order valence-electron chi connectivity index (χ0n) is 20.3. The van der Waals surface area contributed by atoms with Crippen molar-refractivity contribution in [3.8, 4) is 6.07 Å². The second kappa shape index (κ2) is 9.54. The van der Waals surface area contributed by atoms with Crippen LogP contribution in [0, 0.1) is 36.5 Å². The molecule has 0 N–H and O–H groups in total. The Morgan fingerprint density at radius 1 is 1.14 bits per heavy atom. The Morgan fingerprint density at radius 2 is 1.80 bits per heavy atom. The minimum atomic E-state index is -4.58. The first-order valence-electron chi connectivity index (χ1n) is 11.8. The van der Waals surface area contributed by atoms with Gasteiger partial charge in [-0.2, -0.15) is 18.4 Å². The molecule has 2 aromatic rings. The van der Waals surface area contributed by atoms with Gasteiger partial charge >= 0.3 is 6.18 Å². The number of likely N-dealkylation sites (tertiary alicyclic amines) is 1. The van der Waals surface area contributed by atoms with Crippen molar-refractivity contribution in [2.45, 2.75) is 32.9 Å². The van der Waals surface area contributed by atoms with Gasteiger partial charge in [0.1, 0.15) is 0 Å². The van der Waals surface area contributed by atoms with Crippen molar-refractivity contribution in [3.63, 3.8) is 0 Å². The molecule has 35 heavy (non-hydrogen) atoms. The summed E-state index contributed by atoms with van der Waals surface area (Å²) in [6.07, 6.45) is -3.08. The predicted octanol–water partition coefficient (Wildman–Crippen LogP) is 5.20. The van der Waals surface area contributed by atoms with Crippen LogP contribution in [0.15, 0.2) is 36.4 Å². The molecule has 2 aliphatic heterocycles. The number of carbonyl (C=O) groups is 1. The van der Waals surface area contributed by atoms with Crippen molar-refractivity contribution in [2.75, 3.05) is 44.8 Å². The lowest BCUT2D eigenvalue weighted by Crippen LogP contribution is -2.45. The molecule has 5 nitrogen and oxygen atoms in total. The molecule has 2 aromatic carbocycles. The van der Waals surface area contributed by atoms with Gasteiger partial charge in [0.15, 0.2) is 0 Å². The Kier molecular flexibility index (Phi) is 6.83. The number of piperidine rings is 1. The van der Waals surface area contributed by atoms with Crippen molar-refractivity contribution in [1.82, 2.24) is 4.90 Å². The van der Waals surface area contributed by atoms with Crippen LogP contribution in [-0.4, -0.2) is 50.7 Å². The molecule has 1 atom stereocenters. The number of nitrogens with zero attached hydrogens (tertiary/aromatic N) is 3. The fourth-order valence-corrected chi connectivity index (χ4v) is 5.74. The highest BCUT2D eigenvalue weighted by Gasteiger charge is 2.49. The molecule has 2 fully saturated rings. The van der Waals surface area contributed by atoms with E-state index in [0.717, 1.165) is 30.0 Å². The molecular weight excluding hydrogens is 455 g/mol. The molecule has 0 aliphatic carbocycles. The number of benzene rings is 2. The second-order valence-corrected chi connectivity index (χ2v) is 9.90. The number of hydrogen-bond donors (Lipinski definition) is 0. The van der Waals surface area contributed by atoms with E-state index in [4.69, 9.17) is 10.00 Å². The van der Waals surface area contributed by atoms with Crippen LogP contribution in [0.3, 0.4) is 0 Å². The standard InChI is InChI=1S/C27H30F3N3O2/c1-18-10-19(2)12-21(11-18)25(34)33-15-22(16-35-3)26(17-33)6-8-32(9-7-26)23-5-4-20(14-31)24(13-23)27(28,29)30/h4-5,10-13,22H,6-9,15-17H2,1-3H3. The minimum absolute atomic E-state index is 0.0131. The Hall–Kier alpha value is -3.05. The number of anilines is 1. The van der Waals surface area contributed by atoms with E-state index in [1.54, 1.807) is 19.2 Å². The topological polar surface area (TPSA) is 56.6 Å². The van der Waals surface area contributed by atoms with Crippen molar-refractivity contribution < 1.29 is 22.7 Å². The molecule has 1 amide bonds. The predicted molar refractivity (Wildman–Crippen MR) is 127 cm³/mol. The van der Waals surface area contributed by atoms with E-state index < -0.39 is 11.7 Å². The molecule has 2 aliphatic rings. The minimum Gasteiger partial charge on any atom is -0.384 e. The maximum Gasteiger partial charge on any atom is 0.417 e. The van der Waals surface area contributed by atoms with E-state index in [2.05, 4.69) is 0 Å². The highest BCUT2D eigenvalue weighted by molar-refractivity contribution is 5.95. The molecule has 2 heterocycles. The number of amides is 1. The lowest BCUT2D eigenvalue weighted by molar-refractivity contribution is -0.137. The number of rotatable bonds is 4. The van der Waals surface area contributed by atoms with E-state index in [1.165, 1.54) is 6.07 Å². The number of halogens is 3. The van der Waals surface area contributed by atoms with Crippen molar-refractivity contribution >= 4 is 11.6 Å². The number of aryl methyl sites for hydroxylation is 2. The van der Waals surface area contributed by atoms with Crippen LogP contribution >= 0.6 is 0 Å². The van der Waals surface area contributed by atoms with Gasteiger partial charge in [-0.25, -0.2) is 0 Å². The van der Waals surface area contributed by atoms with Crippen LogP contribution < -0.4 is 4.90 Å². The molecule has 0 aromatic heterocycles. The summed E-state index contributed by atoms with van der Waals surface area (Å²) in [5.41, 5.74) is 1.84. The lowest BCUT2D eigenvalue weighted by atomic mass is 9.71. The molecule has 0 radical (unpaired) electrons. The SMILES string of the molecule is COCC1CN(C(=O)c2cc(C)cc(C)c2)CC12CCN(c1ccc(C#N)c(C(F)(F)F)c1)CC2. The maximum atomic E-state index is 13.4. The second-order valence-electron chi connectivity index (χ2n) is 9.90. The van der Waals surface area contributed by atoms with Crippen LogP contribution in [-0.2, 0) is 10.9 Å². The zero-order valence-corrected chi connectivity index (χ0v) is 20.3. The third-order valence-corrected chi connectivity index (χ3v) is 7.49. The smallest absolute Gasteiger partial charge is 0.384 e.